The molecule has 3 rings (SSSR count). The highest BCUT2D eigenvalue weighted by molar-refractivity contribution is 5.77. The lowest BCUT2D eigenvalue weighted by molar-refractivity contribution is -0.134. The van der Waals surface area contributed by atoms with E-state index in [1.54, 1.807) is 0 Å². The van der Waals surface area contributed by atoms with E-state index in [4.69, 9.17) is 9.47 Å². The molecule has 0 bridgehead atoms. The summed E-state index contributed by atoms with van der Waals surface area (Å²) < 4.78 is 11.3. The minimum atomic E-state index is 0.276. The van der Waals surface area contributed by atoms with Gasteiger partial charge >= 0.3 is 0 Å². The zero-order chi connectivity index (χ0) is 14.5. The second kappa shape index (κ2) is 7.56. The van der Waals surface area contributed by atoms with Crippen molar-refractivity contribution >= 4 is 5.91 Å². The molecule has 3 aliphatic rings. The summed E-state index contributed by atoms with van der Waals surface area (Å²) in [6, 6.07) is 0.497. The van der Waals surface area contributed by atoms with E-state index in [-0.39, 0.29) is 5.91 Å². The van der Waals surface area contributed by atoms with Crippen LogP contribution in [0, 0.1) is 5.92 Å². The summed E-state index contributed by atoms with van der Waals surface area (Å²) in [7, 11) is 0. The Morgan fingerprint density at radius 3 is 2.67 bits per heavy atom. The molecule has 5 heteroatoms. The van der Waals surface area contributed by atoms with E-state index in [2.05, 4.69) is 10.2 Å². The van der Waals surface area contributed by atoms with Gasteiger partial charge in [0.15, 0.2) is 0 Å². The summed E-state index contributed by atoms with van der Waals surface area (Å²) in [5.74, 6) is 0.818. The summed E-state index contributed by atoms with van der Waals surface area (Å²) >= 11 is 0. The molecule has 3 fully saturated rings. The first kappa shape index (κ1) is 15.3. The van der Waals surface area contributed by atoms with Crippen LogP contribution in [0.2, 0.25) is 0 Å². The molecular formula is C16H28N2O3. The van der Waals surface area contributed by atoms with Gasteiger partial charge < -0.3 is 19.7 Å². The summed E-state index contributed by atoms with van der Waals surface area (Å²) in [5.41, 5.74) is 0. The summed E-state index contributed by atoms with van der Waals surface area (Å²) in [4.78, 5) is 14.5. The fraction of sp³-hybridized carbons (Fsp3) is 0.938. The summed E-state index contributed by atoms with van der Waals surface area (Å²) in [5, 5.41) is 3.33. The van der Waals surface area contributed by atoms with Crippen LogP contribution in [0.1, 0.15) is 38.5 Å². The van der Waals surface area contributed by atoms with Crippen LogP contribution in [0.5, 0.6) is 0 Å². The van der Waals surface area contributed by atoms with Crippen molar-refractivity contribution in [3.63, 3.8) is 0 Å². The molecule has 0 spiro atoms. The smallest absolute Gasteiger partial charge is 0.225 e. The number of hydrogen-bond acceptors (Lipinski definition) is 4. The standard InChI is InChI=1S/C16H28N2O3/c19-16(6-10-21-15-3-7-17-8-4-15)18(14-1-2-14)11-13-5-9-20-12-13/h13-15,17H,1-12H2. The molecule has 2 heterocycles. The lowest BCUT2D eigenvalue weighted by atomic mass is 10.1. The molecule has 1 amide bonds. The van der Waals surface area contributed by atoms with E-state index >= 15 is 0 Å². The number of hydrogen-bond donors (Lipinski definition) is 1. The van der Waals surface area contributed by atoms with Crippen LogP contribution < -0.4 is 5.32 Å². The van der Waals surface area contributed by atoms with Crippen LogP contribution in [0.3, 0.4) is 0 Å². The predicted octanol–water partition coefficient (Wildman–Crippen LogP) is 1.17. The number of nitrogens with one attached hydrogen (secondary N) is 1. The second-order valence-corrected chi connectivity index (χ2v) is 6.58. The maximum absolute atomic E-state index is 12.4. The van der Waals surface area contributed by atoms with E-state index in [1.165, 1.54) is 12.8 Å². The number of carbonyl (C=O) groups is 1. The van der Waals surface area contributed by atoms with E-state index < -0.39 is 0 Å². The zero-order valence-electron chi connectivity index (χ0n) is 12.9. The van der Waals surface area contributed by atoms with Gasteiger partial charge in [-0.1, -0.05) is 0 Å². The summed E-state index contributed by atoms with van der Waals surface area (Å²) in [6.07, 6.45) is 6.47. The highest BCUT2D eigenvalue weighted by atomic mass is 16.5. The van der Waals surface area contributed by atoms with Crippen molar-refractivity contribution in [3.8, 4) is 0 Å². The molecule has 0 radical (unpaired) electrons. The lowest BCUT2D eigenvalue weighted by Crippen LogP contribution is -2.38. The molecule has 1 N–H and O–H groups in total. The molecule has 2 saturated heterocycles. The Bertz CT molecular complexity index is 334. The fourth-order valence-corrected chi connectivity index (χ4v) is 3.26. The third-order valence-electron chi connectivity index (χ3n) is 4.74. The third-order valence-corrected chi connectivity index (χ3v) is 4.74. The molecule has 120 valence electrons. The van der Waals surface area contributed by atoms with Gasteiger partial charge in [0, 0.05) is 25.1 Å². The first-order valence-electron chi connectivity index (χ1n) is 8.52. The van der Waals surface area contributed by atoms with Crippen molar-refractivity contribution < 1.29 is 14.3 Å². The Hall–Kier alpha value is -0.650. The van der Waals surface area contributed by atoms with Gasteiger partial charge in [-0.3, -0.25) is 4.79 Å². The minimum Gasteiger partial charge on any atom is -0.381 e. The Labute approximate surface area is 127 Å². The van der Waals surface area contributed by atoms with Gasteiger partial charge in [0.2, 0.25) is 5.91 Å². The number of rotatable bonds is 7. The topological polar surface area (TPSA) is 50.8 Å². The maximum Gasteiger partial charge on any atom is 0.225 e. The van der Waals surface area contributed by atoms with Crippen LogP contribution in [0.15, 0.2) is 0 Å². The van der Waals surface area contributed by atoms with Crippen molar-refractivity contribution in [1.29, 1.82) is 0 Å². The quantitative estimate of drug-likeness (QED) is 0.766. The molecular weight excluding hydrogens is 268 g/mol. The third kappa shape index (κ3) is 4.66. The highest BCUT2D eigenvalue weighted by Crippen LogP contribution is 2.29. The zero-order valence-corrected chi connectivity index (χ0v) is 12.9. The molecule has 1 unspecified atom stereocenters. The molecule has 1 saturated carbocycles. The Balaban J connectivity index is 1.39. The summed E-state index contributed by atoms with van der Waals surface area (Å²) in [6.45, 7) is 5.21. The van der Waals surface area contributed by atoms with Crippen molar-refractivity contribution in [2.45, 2.75) is 50.7 Å². The van der Waals surface area contributed by atoms with Crippen molar-refractivity contribution in [2.75, 3.05) is 39.5 Å². The van der Waals surface area contributed by atoms with Crippen LogP contribution in [-0.2, 0) is 14.3 Å². The average Bonchev–Trinajstić information content (AvgIpc) is 3.22. The van der Waals surface area contributed by atoms with Crippen molar-refractivity contribution in [1.82, 2.24) is 10.2 Å². The first-order valence-corrected chi connectivity index (χ1v) is 8.52. The lowest BCUT2D eigenvalue weighted by Gasteiger charge is -2.26. The first-order chi connectivity index (χ1) is 10.3. The Kier molecular flexibility index (Phi) is 5.49. The molecule has 1 atom stereocenters. The molecule has 21 heavy (non-hydrogen) atoms. The van der Waals surface area contributed by atoms with Crippen molar-refractivity contribution in [3.05, 3.63) is 0 Å². The molecule has 2 aliphatic heterocycles. The van der Waals surface area contributed by atoms with Crippen LogP contribution in [0.4, 0.5) is 0 Å². The van der Waals surface area contributed by atoms with E-state index in [0.717, 1.165) is 52.1 Å². The predicted molar refractivity (Wildman–Crippen MR) is 80.1 cm³/mol. The van der Waals surface area contributed by atoms with Gasteiger partial charge in [-0.15, -0.1) is 0 Å². The Morgan fingerprint density at radius 2 is 2.00 bits per heavy atom. The minimum absolute atomic E-state index is 0.276. The number of ether oxygens (including phenoxy) is 2. The van der Waals surface area contributed by atoms with Crippen LogP contribution >= 0.6 is 0 Å². The monoisotopic (exact) mass is 296 g/mol. The van der Waals surface area contributed by atoms with Gasteiger partial charge in [-0.05, 0) is 45.2 Å². The molecule has 0 aromatic heterocycles. The molecule has 5 nitrogen and oxygen atoms in total. The molecule has 1 aliphatic carbocycles. The van der Waals surface area contributed by atoms with Gasteiger partial charge in [0.1, 0.15) is 0 Å². The van der Waals surface area contributed by atoms with Gasteiger partial charge in [-0.25, -0.2) is 0 Å². The number of carbonyl (C=O) groups excluding carboxylic acids is 1. The molecule has 0 aromatic carbocycles. The van der Waals surface area contributed by atoms with Gasteiger partial charge in [0.05, 0.1) is 25.7 Å². The number of piperidine rings is 1. The van der Waals surface area contributed by atoms with Crippen molar-refractivity contribution in [2.24, 2.45) is 5.92 Å². The Morgan fingerprint density at radius 1 is 1.19 bits per heavy atom. The fourth-order valence-electron chi connectivity index (χ4n) is 3.26. The van der Waals surface area contributed by atoms with E-state index in [1.807, 2.05) is 0 Å². The largest absolute Gasteiger partial charge is 0.381 e. The maximum atomic E-state index is 12.4. The second-order valence-electron chi connectivity index (χ2n) is 6.58. The van der Waals surface area contributed by atoms with E-state index in [0.29, 0.717) is 31.1 Å². The highest BCUT2D eigenvalue weighted by Gasteiger charge is 2.34. The average molecular weight is 296 g/mol. The van der Waals surface area contributed by atoms with E-state index in [9.17, 15) is 4.79 Å². The van der Waals surface area contributed by atoms with Gasteiger partial charge in [-0.2, -0.15) is 0 Å². The normalized spacial score (nSPS) is 27.0. The molecule has 0 aromatic rings. The SMILES string of the molecule is O=C(CCOC1CCNCC1)N(CC1CCOC1)C1CC1. The van der Waals surface area contributed by atoms with Crippen LogP contribution in [-0.4, -0.2) is 62.4 Å². The number of amides is 1. The van der Waals surface area contributed by atoms with Gasteiger partial charge in [0.25, 0.3) is 0 Å². The van der Waals surface area contributed by atoms with Crippen LogP contribution in [0.25, 0.3) is 0 Å². The number of nitrogens with zero attached hydrogens (tertiary/aromatic N) is 1.